The van der Waals surface area contributed by atoms with E-state index in [9.17, 15) is 0 Å². The third kappa shape index (κ3) is 5.97. The third-order valence-electron chi connectivity index (χ3n) is 8.27. The molecular formula is C36H38Br2N4+2. The number of fused-ring (bicyclic) bond motifs is 2. The molecule has 6 heteroatoms. The van der Waals surface area contributed by atoms with Gasteiger partial charge in [0.2, 0.25) is 0 Å². The van der Waals surface area contributed by atoms with Gasteiger partial charge in [0.15, 0.2) is 0 Å². The summed E-state index contributed by atoms with van der Waals surface area (Å²) in [7, 11) is 0. The van der Waals surface area contributed by atoms with Crippen molar-refractivity contribution in [3.8, 4) is 11.1 Å². The van der Waals surface area contributed by atoms with Crippen molar-refractivity contribution >= 4 is 53.4 Å². The van der Waals surface area contributed by atoms with E-state index in [-0.39, 0.29) is 0 Å². The highest BCUT2D eigenvalue weighted by Crippen LogP contribution is 2.30. The van der Waals surface area contributed by atoms with Crippen LogP contribution in [-0.2, 0) is 26.2 Å². The highest BCUT2D eigenvalue weighted by molar-refractivity contribution is 9.10. The van der Waals surface area contributed by atoms with Crippen LogP contribution in [0, 0.1) is 0 Å². The quantitative estimate of drug-likeness (QED) is 0.121. The first-order valence-electron chi connectivity index (χ1n) is 15.1. The fourth-order valence-electron chi connectivity index (χ4n) is 5.80. The van der Waals surface area contributed by atoms with E-state index in [1.807, 2.05) is 0 Å². The summed E-state index contributed by atoms with van der Waals surface area (Å²) in [6, 6.07) is 27.1. The lowest BCUT2D eigenvalue weighted by atomic mass is 9.95. The molecule has 0 radical (unpaired) electrons. The molecule has 0 fully saturated rings. The van der Waals surface area contributed by atoms with Crippen LogP contribution in [0.1, 0.15) is 50.7 Å². The molecule has 0 saturated heterocycles. The molecule has 0 bridgehead atoms. The maximum Gasteiger partial charge on any atom is 0.325 e. The summed E-state index contributed by atoms with van der Waals surface area (Å²) >= 11 is 7.69. The number of imidazole rings is 2. The summed E-state index contributed by atoms with van der Waals surface area (Å²) in [5, 5.41) is 5.15. The zero-order valence-corrected chi connectivity index (χ0v) is 27.6. The zero-order chi connectivity index (χ0) is 29.1. The first kappa shape index (κ1) is 28.9. The maximum atomic E-state index is 3.84. The van der Waals surface area contributed by atoms with Gasteiger partial charge in [-0.25, -0.2) is 18.3 Å². The van der Waals surface area contributed by atoms with Crippen LogP contribution >= 0.6 is 31.9 Å². The van der Waals surface area contributed by atoms with Gasteiger partial charge in [-0.2, -0.15) is 0 Å². The molecule has 2 heterocycles. The third-order valence-corrected chi connectivity index (χ3v) is 10.1. The second-order valence-corrected chi connectivity index (χ2v) is 12.6. The average Bonchev–Trinajstić information content (AvgIpc) is 3.55. The standard InChI is InChI=1S/C36H38Br2N4/c1-3-5-17-39-19-21-41(35(39)37)25-31-11-7-9-27-13-15-29(23-33(27)31)30-16-14-28-10-8-12-32(34(28)24-30)26-42-22-20-40(36(42)38)18-6-4-2/h7-16,19-24H,3-6,17-18,25-26H2,1-2H3/q+2. The van der Waals surface area contributed by atoms with Crippen molar-refractivity contribution < 1.29 is 9.13 Å². The average molecular weight is 687 g/mol. The van der Waals surface area contributed by atoms with Crippen LogP contribution in [0.15, 0.2) is 107 Å². The van der Waals surface area contributed by atoms with Gasteiger partial charge in [-0.15, -0.1) is 0 Å². The monoisotopic (exact) mass is 684 g/mol. The van der Waals surface area contributed by atoms with Crippen molar-refractivity contribution in [1.82, 2.24) is 9.13 Å². The molecule has 0 aliphatic heterocycles. The van der Waals surface area contributed by atoms with Gasteiger partial charge in [0.05, 0.1) is 13.1 Å². The van der Waals surface area contributed by atoms with Crippen molar-refractivity contribution in [1.29, 1.82) is 0 Å². The lowest BCUT2D eigenvalue weighted by Crippen LogP contribution is -2.34. The van der Waals surface area contributed by atoms with Crippen LogP contribution in [-0.4, -0.2) is 9.13 Å². The van der Waals surface area contributed by atoms with Gasteiger partial charge in [0.25, 0.3) is 0 Å². The Labute approximate surface area is 265 Å². The highest BCUT2D eigenvalue weighted by Gasteiger charge is 2.17. The summed E-state index contributed by atoms with van der Waals surface area (Å²) in [6.45, 7) is 8.19. The smallest absolute Gasteiger partial charge is 0.224 e. The van der Waals surface area contributed by atoms with Crippen molar-refractivity contribution in [2.24, 2.45) is 0 Å². The van der Waals surface area contributed by atoms with E-state index >= 15 is 0 Å². The fraction of sp³-hybridized carbons (Fsp3) is 0.278. The van der Waals surface area contributed by atoms with Crippen molar-refractivity contribution in [2.75, 3.05) is 0 Å². The largest absolute Gasteiger partial charge is 0.325 e. The Balaban J connectivity index is 1.33. The van der Waals surface area contributed by atoms with Crippen LogP contribution in [0.5, 0.6) is 0 Å². The molecule has 0 aliphatic carbocycles. The molecule has 0 atom stereocenters. The van der Waals surface area contributed by atoms with Gasteiger partial charge in [0, 0.05) is 43.0 Å². The Hall–Kier alpha value is -3.22. The van der Waals surface area contributed by atoms with E-state index in [1.54, 1.807) is 0 Å². The van der Waals surface area contributed by atoms with E-state index in [2.05, 4.69) is 162 Å². The lowest BCUT2D eigenvalue weighted by molar-refractivity contribution is -0.698. The second-order valence-electron chi connectivity index (χ2n) is 11.2. The molecule has 214 valence electrons. The minimum atomic E-state index is 0.826. The number of aryl methyl sites for hydroxylation is 2. The Kier molecular flexibility index (Phi) is 8.92. The first-order valence-corrected chi connectivity index (χ1v) is 16.7. The Morgan fingerprint density at radius 2 is 1.05 bits per heavy atom. The second kappa shape index (κ2) is 13.0. The van der Waals surface area contributed by atoms with E-state index in [0.29, 0.717) is 0 Å². The predicted octanol–water partition coefficient (Wildman–Crippen LogP) is 9.06. The number of hydrogen-bond donors (Lipinski definition) is 0. The van der Waals surface area contributed by atoms with Gasteiger partial charge < -0.3 is 0 Å². The SMILES string of the molecule is CCCCn1cc[n+](Cc2cccc3ccc(-c4ccc5cccc(C[n+]6ccn(CCCC)c6Br)c5c4)cc23)c1Br. The molecule has 4 nitrogen and oxygen atoms in total. The minimum absolute atomic E-state index is 0.826. The molecule has 2 aromatic heterocycles. The number of halogens is 2. The molecule has 0 N–H and O–H groups in total. The van der Waals surface area contributed by atoms with Crippen LogP contribution < -0.4 is 9.13 Å². The zero-order valence-electron chi connectivity index (χ0n) is 24.4. The Morgan fingerprint density at radius 1 is 0.595 bits per heavy atom. The molecule has 6 aromatic rings. The normalized spacial score (nSPS) is 11.6. The first-order chi connectivity index (χ1) is 20.6. The summed E-state index contributed by atoms with van der Waals surface area (Å²) < 4.78 is 11.4. The van der Waals surface area contributed by atoms with Crippen LogP contribution in [0.25, 0.3) is 32.7 Å². The minimum Gasteiger partial charge on any atom is -0.224 e. The molecular weight excluding hydrogens is 648 g/mol. The van der Waals surface area contributed by atoms with Gasteiger partial charge in [-0.05, 0) is 57.6 Å². The van der Waals surface area contributed by atoms with Crippen molar-refractivity contribution in [3.05, 3.63) is 118 Å². The lowest BCUT2D eigenvalue weighted by Gasteiger charge is -2.11. The van der Waals surface area contributed by atoms with E-state index < -0.39 is 0 Å². The molecule has 0 aliphatic rings. The van der Waals surface area contributed by atoms with Gasteiger partial charge in [-0.3, -0.25) is 0 Å². The van der Waals surface area contributed by atoms with Gasteiger partial charge in [-0.1, -0.05) is 87.4 Å². The van der Waals surface area contributed by atoms with Gasteiger partial charge >= 0.3 is 9.47 Å². The number of unbranched alkanes of at least 4 members (excludes halogenated alkanes) is 2. The van der Waals surface area contributed by atoms with Gasteiger partial charge in [0.1, 0.15) is 37.9 Å². The molecule has 6 rings (SSSR count). The van der Waals surface area contributed by atoms with Crippen LogP contribution in [0.2, 0.25) is 0 Å². The van der Waals surface area contributed by atoms with Crippen LogP contribution in [0.3, 0.4) is 0 Å². The molecule has 0 spiro atoms. The van der Waals surface area contributed by atoms with Crippen molar-refractivity contribution in [2.45, 2.75) is 65.7 Å². The Morgan fingerprint density at radius 3 is 1.48 bits per heavy atom. The van der Waals surface area contributed by atoms with E-state index in [1.165, 1.54) is 69.5 Å². The molecule has 0 saturated carbocycles. The summed E-state index contributed by atoms with van der Waals surface area (Å²) in [5.74, 6) is 0. The summed E-state index contributed by atoms with van der Waals surface area (Å²) in [6.07, 6.45) is 13.5. The summed E-state index contributed by atoms with van der Waals surface area (Å²) in [5.41, 5.74) is 5.14. The molecule has 4 aromatic carbocycles. The predicted molar refractivity (Wildman–Crippen MR) is 180 cm³/mol. The maximum absolute atomic E-state index is 3.84. The molecule has 42 heavy (non-hydrogen) atoms. The summed E-state index contributed by atoms with van der Waals surface area (Å²) in [4.78, 5) is 0. The van der Waals surface area contributed by atoms with Crippen LogP contribution in [0.4, 0.5) is 0 Å². The number of aromatic nitrogens is 4. The van der Waals surface area contributed by atoms with Crippen molar-refractivity contribution in [3.63, 3.8) is 0 Å². The fourth-order valence-corrected chi connectivity index (χ4v) is 6.88. The molecule has 0 amide bonds. The number of benzene rings is 4. The Bertz CT molecular complexity index is 1710. The number of rotatable bonds is 11. The topological polar surface area (TPSA) is 17.6 Å². The number of nitrogens with zero attached hydrogens (tertiary/aromatic N) is 4. The van der Waals surface area contributed by atoms with E-state index in [4.69, 9.17) is 0 Å². The van der Waals surface area contributed by atoms with E-state index in [0.717, 1.165) is 35.6 Å². The number of hydrogen-bond acceptors (Lipinski definition) is 0. The highest BCUT2D eigenvalue weighted by atomic mass is 79.9. The molecule has 0 unspecified atom stereocenters.